The summed E-state index contributed by atoms with van der Waals surface area (Å²) in [4.78, 5) is 4.71. The van der Waals surface area contributed by atoms with Gasteiger partial charge in [-0.1, -0.05) is 24.4 Å². The number of hydrogen-bond donors (Lipinski definition) is 2. The van der Waals surface area contributed by atoms with Crippen molar-refractivity contribution in [2.45, 2.75) is 6.92 Å². The minimum absolute atomic E-state index is 0.251. The molecular formula is C8H9N3S2. The van der Waals surface area contributed by atoms with Gasteiger partial charge in [-0.15, -0.1) is 0 Å². The van der Waals surface area contributed by atoms with E-state index in [2.05, 4.69) is 4.98 Å². The van der Waals surface area contributed by atoms with Crippen molar-refractivity contribution in [2.24, 2.45) is 11.5 Å². The van der Waals surface area contributed by atoms with E-state index in [1.807, 2.05) is 6.92 Å². The summed E-state index contributed by atoms with van der Waals surface area (Å²) in [6, 6.07) is 3.49. The zero-order valence-electron chi connectivity index (χ0n) is 7.07. The molecule has 0 saturated heterocycles. The number of nitrogens with zero attached hydrogens (tertiary/aromatic N) is 1. The summed E-state index contributed by atoms with van der Waals surface area (Å²) < 4.78 is 0. The molecule has 0 radical (unpaired) electrons. The molecule has 0 saturated carbocycles. The lowest BCUT2D eigenvalue weighted by molar-refractivity contribution is 1.18. The Hall–Kier alpha value is -1.07. The average Bonchev–Trinajstić information content (AvgIpc) is 2.03. The summed E-state index contributed by atoms with van der Waals surface area (Å²) in [5.41, 5.74) is 13.0. The number of pyridine rings is 1. The molecule has 0 aromatic carbocycles. The maximum Gasteiger partial charge on any atom is 0.122 e. The number of rotatable bonds is 2. The van der Waals surface area contributed by atoms with Gasteiger partial charge in [-0.2, -0.15) is 0 Å². The van der Waals surface area contributed by atoms with Gasteiger partial charge in [0.15, 0.2) is 0 Å². The van der Waals surface area contributed by atoms with Crippen LogP contribution in [0.2, 0.25) is 0 Å². The lowest BCUT2D eigenvalue weighted by Gasteiger charge is -2.03. The molecule has 13 heavy (non-hydrogen) atoms. The predicted octanol–water partition coefficient (Wildman–Crippen LogP) is 0.658. The molecule has 1 rings (SSSR count). The normalized spacial score (nSPS) is 9.62. The molecule has 0 aliphatic rings. The Bertz CT molecular complexity index is 341. The maximum absolute atomic E-state index is 5.47. The largest absolute Gasteiger partial charge is 0.389 e. The van der Waals surface area contributed by atoms with Crippen LogP contribution in [0.4, 0.5) is 0 Å². The van der Waals surface area contributed by atoms with Gasteiger partial charge in [0, 0.05) is 11.3 Å². The van der Waals surface area contributed by atoms with Gasteiger partial charge in [-0.25, -0.2) is 0 Å². The predicted molar refractivity (Wildman–Crippen MR) is 60.7 cm³/mol. The Balaban J connectivity index is 3.26. The first kappa shape index (κ1) is 10.0. The fraction of sp³-hybridized carbons (Fsp3) is 0.125. The fourth-order valence-electron chi connectivity index (χ4n) is 0.937. The molecule has 0 bridgehead atoms. The van der Waals surface area contributed by atoms with Crippen LogP contribution in [-0.4, -0.2) is 15.0 Å². The van der Waals surface area contributed by atoms with Crippen molar-refractivity contribution in [3.05, 3.63) is 29.1 Å². The van der Waals surface area contributed by atoms with Crippen molar-refractivity contribution in [1.82, 2.24) is 4.98 Å². The smallest absolute Gasteiger partial charge is 0.122 e. The number of thiocarbonyl (C=S) groups is 2. The summed E-state index contributed by atoms with van der Waals surface area (Å²) in [5.74, 6) is 0. The highest BCUT2D eigenvalue weighted by molar-refractivity contribution is 7.81. The van der Waals surface area contributed by atoms with Gasteiger partial charge in [0.2, 0.25) is 0 Å². The Morgan fingerprint density at radius 2 is 1.85 bits per heavy atom. The minimum atomic E-state index is 0.251. The topological polar surface area (TPSA) is 64.9 Å². The SMILES string of the molecule is Cc1cc(C(N)=S)cc(C(N)=S)n1. The molecule has 3 nitrogen and oxygen atoms in total. The molecule has 68 valence electrons. The summed E-state index contributed by atoms with van der Waals surface area (Å²) in [5, 5.41) is 0. The molecular weight excluding hydrogens is 202 g/mol. The molecule has 0 amide bonds. The van der Waals surface area contributed by atoms with Crippen LogP contribution in [0.1, 0.15) is 17.0 Å². The van der Waals surface area contributed by atoms with E-state index in [1.54, 1.807) is 12.1 Å². The van der Waals surface area contributed by atoms with Crippen LogP contribution in [0.3, 0.4) is 0 Å². The molecule has 1 heterocycles. The summed E-state index contributed by atoms with van der Waals surface area (Å²) in [7, 11) is 0. The lowest BCUT2D eigenvalue weighted by Crippen LogP contribution is -2.16. The van der Waals surface area contributed by atoms with Crippen molar-refractivity contribution >= 4 is 34.4 Å². The average molecular weight is 211 g/mol. The van der Waals surface area contributed by atoms with E-state index in [4.69, 9.17) is 35.9 Å². The molecule has 1 aromatic heterocycles. The van der Waals surface area contributed by atoms with Gasteiger partial charge in [0.05, 0.1) is 5.69 Å². The van der Waals surface area contributed by atoms with Gasteiger partial charge in [-0.3, -0.25) is 4.98 Å². The Kier molecular flexibility index (Phi) is 2.90. The number of aryl methyl sites for hydroxylation is 1. The highest BCUT2D eigenvalue weighted by Gasteiger charge is 2.03. The zero-order chi connectivity index (χ0) is 10.0. The van der Waals surface area contributed by atoms with Crippen LogP contribution < -0.4 is 11.5 Å². The highest BCUT2D eigenvalue weighted by atomic mass is 32.1. The monoisotopic (exact) mass is 211 g/mol. The third-order valence-electron chi connectivity index (χ3n) is 1.49. The van der Waals surface area contributed by atoms with Crippen molar-refractivity contribution in [3.8, 4) is 0 Å². The Morgan fingerprint density at radius 3 is 2.31 bits per heavy atom. The fourth-order valence-corrected chi connectivity index (χ4v) is 1.16. The maximum atomic E-state index is 5.47. The summed E-state index contributed by atoms with van der Waals surface area (Å²) >= 11 is 9.63. The van der Waals surface area contributed by atoms with Gasteiger partial charge in [0.25, 0.3) is 0 Å². The molecule has 0 spiro atoms. The summed E-state index contributed by atoms with van der Waals surface area (Å²) in [6.45, 7) is 1.84. The molecule has 0 fully saturated rings. The van der Waals surface area contributed by atoms with Gasteiger partial charge in [0.1, 0.15) is 9.98 Å². The first-order valence-electron chi connectivity index (χ1n) is 3.59. The quantitative estimate of drug-likeness (QED) is 0.703. The van der Waals surface area contributed by atoms with Gasteiger partial charge >= 0.3 is 0 Å². The molecule has 0 atom stereocenters. The van der Waals surface area contributed by atoms with E-state index >= 15 is 0 Å². The molecule has 5 heteroatoms. The van der Waals surface area contributed by atoms with E-state index < -0.39 is 0 Å². The van der Waals surface area contributed by atoms with Crippen LogP contribution in [0, 0.1) is 6.92 Å². The minimum Gasteiger partial charge on any atom is -0.389 e. The van der Waals surface area contributed by atoms with Crippen LogP contribution in [-0.2, 0) is 0 Å². The number of hydrogen-bond acceptors (Lipinski definition) is 3. The lowest BCUT2D eigenvalue weighted by atomic mass is 10.2. The van der Waals surface area contributed by atoms with Crippen LogP contribution in [0.25, 0.3) is 0 Å². The highest BCUT2D eigenvalue weighted by Crippen LogP contribution is 2.05. The summed E-state index contributed by atoms with van der Waals surface area (Å²) in [6.07, 6.45) is 0. The first-order chi connectivity index (χ1) is 6.00. The third-order valence-corrected chi connectivity index (χ3v) is 1.94. The molecule has 0 aliphatic carbocycles. The van der Waals surface area contributed by atoms with Gasteiger partial charge < -0.3 is 11.5 Å². The van der Waals surface area contributed by atoms with E-state index in [0.29, 0.717) is 10.7 Å². The van der Waals surface area contributed by atoms with Crippen molar-refractivity contribution in [1.29, 1.82) is 0 Å². The molecule has 1 aromatic rings. The van der Waals surface area contributed by atoms with Crippen molar-refractivity contribution < 1.29 is 0 Å². The van der Waals surface area contributed by atoms with E-state index in [0.717, 1.165) is 11.3 Å². The van der Waals surface area contributed by atoms with Crippen LogP contribution in [0.5, 0.6) is 0 Å². The second kappa shape index (κ2) is 3.76. The molecule has 0 aliphatic heterocycles. The Labute approximate surface area is 87.1 Å². The van der Waals surface area contributed by atoms with Crippen LogP contribution >= 0.6 is 24.4 Å². The van der Waals surface area contributed by atoms with Crippen molar-refractivity contribution in [2.75, 3.05) is 0 Å². The zero-order valence-corrected chi connectivity index (χ0v) is 8.71. The third kappa shape index (κ3) is 2.43. The molecule has 0 unspecified atom stereocenters. The van der Waals surface area contributed by atoms with E-state index in [9.17, 15) is 0 Å². The second-order valence-corrected chi connectivity index (χ2v) is 3.49. The Morgan fingerprint density at radius 1 is 1.23 bits per heavy atom. The standard InChI is InChI=1S/C8H9N3S2/c1-4-2-5(7(9)12)3-6(11-4)8(10)13/h2-3H,1H3,(H2,9,12)(H2,10,13). The van der Waals surface area contributed by atoms with E-state index in [1.165, 1.54) is 0 Å². The van der Waals surface area contributed by atoms with Crippen LogP contribution in [0.15, 0.2) is 12.1 Å². The number of aromatic nitrogens is 1. The van der Waals surface area contributed by atoms with Crippen molar-refractivity contribution in [3.63, 3.8) is 0 Å². The first-order valence-corrected chi connectivity index (χ1v) is 4.40. The second-order valence-electron chi connectivity index (χ2n) is 2.61. The number of nitrogens with two attached hydrogens (primary N) is 2. The van der Waals surface area contributed by atoms with Gasteiger partial charge in [-0.05, 0) is 19.1 Å². The van der Waals surface area contributed by atoms with E-state index in [-0.39, 0.29) is 4.99 Å². The molecule has 4 N–H and O–H groups in total.